The predicted octanol–water partition coefficient (Wildman–Crippen LogP) is 3.58. The van der Waals surface area contributed by atoms with Crippen molar-refractivity contribution in [1.29, 1.82) is 0 Å². The zero-order valence-corrected chi connectivity index (χ0v) is 13.2. The summed E-state index contributed by atoms with van der Waals surface area (Å²) in [6.07, 6.45) is 5.62. The van der Waals surface area contributed by atoms with Crippen molar-refractivity contribution in [2.45, 2.75) is 46.1 Å². The summed E-state index contributed by atoms with van der Waals surface area (Å²) < 4.78 is 6.72. The maximum Gasteiger partial charge on any atom is 0.185 e. The van der Waals surface area contributed by atoms with Gasteiger partial charge in [0.05, 0.1) is 24.4 Å². The molecular weight excluding hydrogens is 276 g/mol. The Kier molecular flexibility index (Phi) is 4.86. The van der Waals surface area contributed by atoms with Crippen LogP contribution in [0.1, 0.15) is 50.0 Å². The van der Waals surface area contributed by atoms with Crippen molar-refractivity contribution in [2.24, 2.45) is 11.3 Å². The molecule has 2 rings (SSSR count). The van der Waals surface area contributed by atoms with Crippen LogP contribution in [0.3, 0.4) is 0 Å². The summed E-state index contributed by atoms with van der Waals surface area (Å²) in [7, 11) is 1.63. The lowest BCUT2D eigenvalue weighted by atomic mass is 9.71. The number of rotatable bonds is 5. The first-order valence-electron chi connectivity index (χ1n) is 7.19. The van der Waals surface area contributed by atoms with Crippen LogP contribution in [0.5, 0.6) is 0 Å². The lowest BCUT2D eigenvalue weighted by Gasteiger charge is -2.33. The molecule has 112 valence electrons. The van der Waals surface area contributed by atoms with Gasteiger partial charge in [-0.05, 0) is 31.1 Å². The van der Waals surface area contributed by atoms with Gasteiger partial charge in [0.1, 0.15) is 5.69 Å². The molecule has 1 aliphatic rings. The van der Waals surface area contributed by atoms with E-state index in [9.17, 15) is 4.79 Å². The predicted molar refractivity (Wildman–Crippen MR) is 79.2 cm³/mol. The smallest absolute Gasteiger partial charge is 0.185 e. The molecule has 1 heterocycles. The van der Waals surface area contributed by atoms with E-state index < -0.39 is 0 Å². The van der Waals surface area contributed by atoms with Gasteiger partial charge in [0, 0.05) is 13.0 Å². The molecule has 0 radical (unpaired) electrons. The minimum absolute atomic E-state index is 0.0820. The first-order valence-corrected chi connectivity index (χ1v) is 7.57. The number of Topliss-reactive ketones (excluding diaryl/α,β-unsaturated/α-hetero) is 1. The van der Waals surface area contributed by atoms with Crippen molar-refractivity contribution in [3.8, 4) is 0 Å². The van der Waals surface area contributed by atoms with Crippen LogP contribution in [0.15, 0.2) is 6.20 Å². The van der Waals surface area contributed by atoms with Crippen LogP contribution >= 0.6 is 11.6 Å². The fourth-order valence-electron chi connectivity index (χ4n) is 2.81. The van der Waals surface area contributed by atoms with Gasteiger partial charge in [-0.25, -0.2) is 0 Å². The number of halogens is 1. The largest absolute Gasteiger partial charge is 0.383 e. The van der Waals surface area contributed by atoms with Crippen LogP contribution in [0.25, 0.3) is 0 Å². The number of aromatic nitrogens is 2. The van der Waals surface area contributed by atoms with Gasteiger partial charge in [-0.2, -0.15) is 5.10 Å². The normalized spacial score (nSPS) is 19.2. The summed E-state index contributed by atoms with van der Waals surface area (Å²) in [5.74, 6) is 0.220. The van der Waals surface area contributed by atoms with Crippen molar-refractivity contribution in [3.63, 3.8) is 0 Å². The number of carbonyl (C=O) groups is 1. The van der Waals surface area contributed by atoms with E-state index in [0.717, 1.165) is 25.7 Å². The van der Waals surface area contributed by atoms with Gasteiger partial charge in [0.15, 0.2) is 5.78 Å². The summed E-state index contributed by atoms with van der Waals surface area (Å²) in [4.78, 5) is 12.7. The Hall–Kier alpha value is -0.870. The highest BCUT2D eigenvalue weighted by Crippen LogP contribution is 2.39. The van der Waals surface area contributed by atoms with Crippen molar-refractivity contribution in [3.05, 3.63) is 16.9 Å². The number of hydrogen-bond donors (Lipinski definition) is 0. The molecule has 0 saturated heterocycles. The molecule has 1 aliphatic carbocycles. The second-order valence-electron chi connectivity index (χ2n) is 6.36. The molecule has 0 amide bonds. The third kappa shape index (κ3) is 3.41. The summed E-state index contributed by atoms with van der Waals surface area (Å²) in [5.41, 5.74) is 0.907. The Balaban J connectivity index is 2.11. The fraction of sp³-hybridized carbons (Fsp3) is 0.733. The van der Waals surface area contributed by atoms with Gasteiger partial charge in [-0.15, -0.1) is 0 Å². The standard InChI is InChI=1S/C15H23ClN2O2/c1-15(2)6-4-11(5-7-15)14(19)13-12(16)10-17-18(13)8-9-20-3/h10-11H,4-9H2,1-3H3. The minimum Gasteiger partial charge on any atom is -0.383 e. The molecule has 0 aliphatic heterocycles. The van der Waals surface area contributed by atoms with E-state index >= 15 is 0 Å². The van der Waals surface area contributed by atoms with Crippen LogP contribution in [-0.4, -0.2) is 29.3 Å². The van der Waals surface area contributed by atoms with Crippen molar-refractivity contribution in [1.82, 2.24) is 9.78 Å². The monoisotopic (exact) mass is 298 g/mol. The van der Waals surface area contributed by atoms with Crippen LogP contribution in [0.2, 0.25) is 5.02 Å². The lowest BCUT2D eigenvalue weighted by Crippen LogP contribution is -2.28. The van der Waals surface area contributed by atoms with Gasteiger partial charge in [0.2, 0.25) is 0 Å². The Morgan fingerprint density at radius 3 is 2.75 bits per heavy atom. The van der Waals surface area contributed by atoms with E-state index in [0.29, 0.717) is 29.3 Å². The Labute approximate surface area is 125 Å². The number of methoxy groups -OCH3 is 1. The molecule has 0 unspecified atom stereocenters. The Morgan fingerprint density at radius 1 is 1.50 bits per heavy atom. The van der Waals surface area contributed by atoms with Gasteiger partial charge >= 0.3 is 0 Å². The second-order valence-corrected chi connectivity index (χ2v) is 6.77. The van der Waals surface area contributed by atoms with Crippen LogP contribution in [0, 0.1) is 11.3 Å². The highest BCUT2D eigenvalue weighted by atomic mass is 35.5. The summed E-state index contributed by atoms with van der Waals surface area (Å²) in [6.45, 7) is 5.62. The maximum atomic E-state index is 12.7. The summed E-state index contributed by atoms with van der Waals surface area (Å²) >= 11 is 6.15. The van der Waals surface area contributed by atoms with E-state index in [4.69, 9.17) is 16.3 Å². The molecule has 0 spiro atoms. The molecule has 0 aromatic carbocycles. The van der Waals surface area contributed by atoms with Crippen molar-refractivity contribution < 1.29 is 9.53 Å². The molecule has 0 N–H and O–H groups in total. The first-order chi connectivity index (χ1) is 9.44. The molecule has 0 bridgehead atoms. The summed E-state index contributed by atoms with van der Waals surface area (Å²) in [6, 6.07) is 0. The van der Waals surface area contributed by atoms with Crippen LogP contribution < -0.4 is 0 Å². The van der Waals surface area contributed by atoms with E-state index in [-0.39, 0.29) is 11.7 Å². The molecule has 1 fully saturated rings. The van der Waals surface area contributed by atoms with Crippen LogP contribution in [0.4, 0.5) is 0 Å². The maximum absolute atomic E-state index is 12.7. The Bertz CT molecular complexity index is 472. The topological polar surface area (TPSA) is 44.1 Å². The molecule has 20 heavy (non-hydrogen) atoms. The van der Waals surface area contributed by atoms with E-state index in [1.54, 1.807) is 18.0 Å². The highest BCUT2D eigenvalue weighted by Gasteiger charge is 2.33. The number of carbonyl (C=O) groups excluding carboxylic acids is 1. The second kappa shape index (κ2) is 6.27. The third-order valence-electron chi connectivity index (χ3n) is 4.25. The van der Waals surface area contributed by atoms with Crippen molar-refractivity contribution >= 4 is 17.4 Å². The van der Waals surface area contributed by atoms with Gasteiger partial charge in [0.25, 0.3) is 0 Å². The molecule has 1 aromatic heterocycles. The number of hydrogen-bond acceptors (Lipinski definition) is 3. The molecular formula is C15H23ClN2O2. The summed E-state index contributed by atoms with van der Waals surface area (Å²) in [5, 5.41) is 4.64. The van der Waals surface area contributed by atoms with Gasteiger partial charge in [-0.3, -0.25) is 9.48 Å². The first kappa shape index (κ1) is 15.5. The number of ketones is 1. The zero-order valence-electron chi connectivity index (χ0n) is 12.5. The van der Waals surface area contributed by atoms with E-state index in [1.165, 1.54) is 0 Å². The molecule has 1 aromatic rings. The number of nitrogens with zero attached hydrogens (tertiary/aromatic N) is 2. The molecule has 0 atom stereocenters. The van der Waals surface area contributed by atoms with E-state index in [2.05, 4.69) is 18.9 Å². The number of ether oxygens (including phenoxy) is 1. The van der Waals surface area contributed by atoms with E-state index in [1.807, 2.05) is 0 Å². The molecule has 1 saturated carbocycles. The lowest BCUT2D eigenvalue weighted by molar-refractivity contribution is 0.0824. The van der Waals surface area contributed by atoms with Crippen molar-refractivity contribution in [2.75, 3.05) is 13.7 Å². The van der Waals surface area contributed by atoms with Gasteiger partial charge in [-0.1, -0.05) is 25.4 Å². The zero-order chi connectivity index (χ0) is 14.8. The quantitative estimate of drug-likeness (QED) is 0.780. The average Bonchev–Trinajstić information content (AvgIpc) is 2.76. The third-order valence-corrected chi connectivity index (χ3v) is 4.52. The SMILES string of the molecule is COCCn1ncc(Cl)c1C(=O)C1CCC(C)(C)CC1. The van der Waals surface area contributed by atoms with Crippen LogP contribution in [-0.2, 0) is 11.3 Å². The fourth-order valence-corrected chi connectivity index (χ4v) is 3.04. The highest BCUT2D eigenvalue weighted by molar-refractivity contribution is 6.33. The van der Waals surface area contributed by atoms with Gasteiger partial charge < -0.3 is 4.74 Å². The molecule has 4 nitrogen and oxygen atoms in total. The average molecular weight is 299 g/mol. The minimum atomic E-state index is 0.0820. The molecule has 5 heteroatoms. The Morgan fingerprint density at radius 2 is 2.15 bits per heavy atom.